The maximum atomic E-state index is 2.44. The molecule has 76 valence electrons. The number of rotatable bonds is 3. The number of hydrogen-bond acceptors (Lipinski definition) is 0. The van der Waals surface area contributed by atoms with Crippen LogP contribution in [0.1, 0.15) is 47.0 Å². The number of hydrogen-bond donors (Lipinski definition) is 0. The maximum absolute atomic E-state index is 2.44. The van der Waals surface area contributed by atoms with Crippen molar-refractivity contribution in [2.75, 3.05) is 0 Å². The molecule has 0 aromatic rings. The molecular formula is C13H24. The Labute approximate surface area is 83.1 Å². The van der Waals surface area contributed by atoms with Crippen LogP contribution in [-0.4, -0.2) is 0 Å². The molecule has 2 fully saturated rings. The highest BCUT2D eigenvalue weighted by Crippen LogP contribution is 2.61. The van der Waals surface area contributed by atoms with E-state index in [1.165, 1.54) is 6.42 Å². The third kappa shape index (κ3) is 1.33. The summed E-state index contributed by atoms with van der Waals surface area (Å²) < 4.78 is 0. The lowest BCUT2D eigenvalue weighted by Crippen LogP contribution is -2.53. The Hall–Kier alpha value is 0. The highest BCUT2D eigenvalue weighted by Gasteiger charge is 2.53. The van der Waals surface area contributed by atoms with Crippen molar-refractivity contribution in [3.8, 4) is 0 Å². The van der Waals surface area contributed by atoms with Crippen molar-refractivity contribution in [1.29, 1.82) is 0 Å². The first-order valence-electron chi connectivity index (χ1n) is 6.15. The van der Waals surface area contributed by atoms with Gasteiger partial charge in [-0.05, 0) is 48.3 Å². The van der Waals surface area contributed by atoms with Gasteiger partial charge in [-0.15, -0.1) is 0 Å². The summed E-state index contributed by atoms with van der Waals surface area (Å²) in [7, 11) is 0. The molecule has 2 aliphatic carbocycles. The van der Waals surface area contributed by atoms with Gasteiger partial charge in [0.25, 0.3) is 0 Å². The van der Waals surface area contributed by atoms with Gasteiger partial charge in [-0.3, -0.25) is 0 Å². The van der Waals surface area contributed by atoms with Crippen molar-refractivity contribution in [2.24, 2.45) is 35.5 Å². The second-order valence-electron chi connectivity index (χ2n) is 5.76. The van der Waals surface area contributed by atoms with E-state index in [0.717, 1.165) is 35.5 Å². The molecule has 2 saturated carbocycles. The summed E-state index contributed by atoms with van der Waals surface area (Å²) in [5.41, 5.74) is 0. The molecule has 0 spiro atoms. The van der Waals surface area contributed by atoms with Gasteiger partial charge in [-0.2, -0.15) is 0 Å². The summed E-state index contributed by atoms with van der Waals surface area (Å²) in [4.78, 5) is 0. The molecule has 0 aliphatic heterocycles. The van der Waals surface area contributed by atoms with Crippen molar-refractivity contribution in [3.05, 3.63) is 0 Å². The fraction of sp³-hybridized carbons (Fsp3) is 1.00. The van der Waals surface area contributed by atoms with E-state index in [1.54, 1.807) is 12.8 Å². The highest BCUT2D eigenvalue weighted by molar-refractivity contribution is 5.02. The number of fused-ring (bicyclic) bond motifs is 1. The molecule has 0 aromatic heterocycles. The molecule has 0 amide bonds. The largest absolute Gasteiger partial charge is 0.0651 e. The summed E-state index contributed by atoms with van der Waals surface area (Å²) in [6, 6.07) is 0. The lowest BCUT2D eigenvalue weighted by Gasteiger charge is -2.60. The van der Waals surface area contributed by atoms with E-state index in [-0.39, 0.29) is 0 Å². The summed E-state index contributed by atoms with van der Waals surface area (Å²) >= 11 is 0. The smallest absolute Gasteiger partial charge is 0.0349 e. The van der Waals surface area contributed by atoms with Gasteiger partial charge in [-0.25, -0.2) is 0 Å². The molecule has 0 saturated heterocycles. The van der Waals surface area contributed by atoms with Crippen LogP contribution in [0, 0.1) is 35.5 Å². The Balaban J connectivity index is 1.89. The molecule has 0 N–H and O–H groups in total. The zero-order valence-corrected chi connectivity index (χ0v) is 9.59. The van der Waals surface area contributed by atoms with E-state index in [0.29, 0.717) is 0 Å². The van der Waals surface area contributed by atoms with E-state index < -0.39 is 0 Å². The van der Waals surface area contributed by atoms with Crippen molar-refractivity contribution >= 4 is 0 Å². The summed E-state index contributed by atoms with van der Waals surface area (Å²) in [6.07, 6.45) is 4.50. The standard InChI is InChI=1S/C13H24/c1-5-10(8(2)3)13-7-11-9(4)6-12(11)13/h8-13H,5-7H2,1-4H3. The SMILES string of the molecule is CCC(C(C)C)C1CC2C(C)CC21. The second kappa shape index (κ2) is 3.29. The average Bonchev–Trinajstić information content (AvgIpc) is 2.06. The molecule has 0 nitrogen and oxygen atoms in total. The van der Waals surface area contributed by atoms with Gasteiger partial charge in [0.15, 0.2) is 0 Å². The lowest BCUT2D eigenvalue weighted by atomic mass is 9.45. The predicted molar refractivity (Wildman–Crippen MR) is 57.5 cm³/mol. The molecule has 0 bridgehead atoms. The van der Waals surface area contributed by atoms with E-state index in [2.05, 4.69) is 27.7 Å². The molecule has 5 atom stereocenters. The Morgan fingerprint density at radius 1 is 1.15 bits per heavy atom. The summed E-state index contributed by atoms with van der Waals surface area (Å²) in [6.45, 7) is 9.63. The zero-order chi connectivity index (χ0) is 9.59. The van der Waals surface area contributed by atoms with Gasteiger partial charge in [0.05, 0.1) is 0 Å². The van der Waals surface area contributed by atoms with Crippen molar-refractivity contribution < 1.29 is 0 Å². The van der Waals surface area contributed by atoms with E-state index >= 15 is 0 Å². The summed E-state index contributed by atoms with van der Waals surface area (Å²) in [5, 5.41) is 0. The minimum Gasteiger partial charge on any atom is -0.0651 e. The minimum atomic E-state index is 0.909. The first kappa shape index (κ1) is 9.55. The van der Waals surface area contributed by atoms with Crippen LogP contribution in [0.4, 0.5) is 0 Å². The van der Waals surface area contributed by atoms with Crippen LogP contribution >= 0.6 is 0 Å². The fourth-order valence-corrected chi connectivity index (χ4v) is 3.96. The molecular weight excluding hydrogens is 156 g/mol. The van der Waals surface area contributed by atoms with Crippen LogP contribution in [0.2, 0.25) is 0 Å². The minimum absolute atomic E-state index is 0.909. The van der Waals surface area contributed by atoms with E-state index in [1.807, 2.05) is 0 Å². The van der Waals surface area contributed by atoms with Crippen molar-refractivity contribution in [1.82, 2.24) is 0 Å². The van der Waals surface area contributed by atoms with Gasteiger partial charge in [0, 0.05) is 0 Å². The van der Waals surface area contributed by atoms with E-state index in [9.17, 15) is 0 Å². The lowest BCUT2D eigenvalue weighted by molar-refractivity contribution is -0.113. The third-order valence-corrected chi connectivity index (χ3v) is 4.90. The molecule has 0 radical (unpaired) electrons. The molecule has 0 heteroatoms. The van der Waals surface area contributed by atoms with Crippen LogP contribution < -0.4 is 0 Å². The molecule has 13 heavy (non-hydrogen) atoms. The van der Waals surface area contributed by atoms with Crippen LogP contribution in [0.3, 0.4) is 0 Å². The quantitative estimate of drug-likeness (QED) is 0.616. The van der Waals surface area contributed by atoms with Gasteiger partial charge >= 0.3 is 0 Å². The Morgan fingerprint density at radius 3 is 2.15 bits per heavy atom. The molecule has 0 heterocycles. The highest BCUT2D eigenvalue weighted by atomic mass is 14.6. The Bertz CT molecular complexity index is 182. The average molecular weight is 180 g/mol. The second-order valence-corrected chi connectivity index (χ2v) is 5.76. The van der Waals surface area contributed by atoms with E-state index in [4.69, 9.17) is 0 Å². The Kier molecular flexibility index (Phi) is 2.42. The maximum Gasteiger partial charge on any atom is -0.0349 e. The molecule has 5 unspecified atom stereocenters. The van der Waals surface area contributed by atoms with Gasteiger partial charge in [0.2, 0.25) is 0 Å². The third-order valence-electron chi connectivity index (χ3n) is 4.90. The molecule has 0 aromatic carbocycles. The monoisotopic (exact) mass is 180 g/mol. The van der Waals surface area contributed by atoms with Crippen LogP contribution in [0.25, 0.3) is 0 Å². The topological polar surface area (TPSA) is 0 Å². The summed E-state index contributed by atoms with van der Waals surface area (Å²) in [5.74, 6) is 6.37. The first-order valence-corrected chi connectivity index (χ1v) is 6.15. The van der Waals surface area contributed by atoms with Gasteiger partial charge in [0.1, 0.15) is 0 Å². The van der Waals surface area contributed by atoms with Crippen LogP contribution in [-0.2, 0) is 0 Å². The zero-order valence-electron chi connectivity index (χ0n) is 9.59. The first-order chi connectivity index (χ1) is 6.15. The van der Waals surface area contributed by atoms with Crippen LogP contribution in [0.5, 0.6) is 0 Å². The van der Waals surface area contributed by atoms with Crippen molar-refractivity contribution in [2.45, 2.75) is 47.0 Å². The van der Waals surface area contributed by atoms with Crippen LogP contribution in [0.15, 0.2) is 0 Å². The van der Waals surface area contributed by atoms with Gasteiger partial charge < -0.3 is 0 Å². The van der Waals surface area contributed by atoms with Gasteiger partial charge in [-0.1, -0.05) is 34.1 Å². The molecule has 2 rings (SSSR count). The molecule has 2 aliphatic rings. The Morgan fingerprint density at radius 2 is 1.85 bits per heavy atom. The predicted octanol–water partition coefficient (Wildman–Crippen LogP) is 3.96. The normalized spacial score (nSPS) is 45.0. The fourth-order valence-electron chi connectivity index (χ4n) is 3.96. The van der Waals surface area contributed by atoms with Crippen molar-refractivity contribution in [3.63, 3.8) is 0 Å².